The molecule has 2 rings (SSSR count). The summed E-state index contributed by atoms with van der Waals surface area (Å²) in [6.45, 7) is 2.64. The van der Waals surface area contributed by atoms with Gasteiger partial charge in [0.15, 0.2) is 0 Å². The SMILES string of the molecule is Cc1ccc(OCc2ccccc2)c(PCl)c1. The molecule has 2 aromatic rings. The van der Waals surface area contributed by atoms with Gasteiger partial charge >= 0.3 is 0 Å². The molecule has 0 saturated carbocycles. The third kappa shape index (κ3) is 3.46. The van der Waals surface area contributed by atoms with Gasteiger partial charge in [0.2, 0.25) is 0 Å². The Hall–Kier alpha value is -1.04. The van der Waals surface area contributed by atoms with Gasteiger partial charge < -0.3 is 4.74 Å². The molecular weight excluding hydrogens is 251 g/mol. The van der Waals surface area contributed by atoms with E-state index in [4.69, 9.17) is 16.0 Å². The summed E-state index contributed by atoms with van der Waals surface area (Å²) in [6.07, 6.45) is 0. The molecule has 0 radical (unpaired) electrons. The molecule has 0 N–H and O–H groups in total. The van der Waals surface area contributed by atoms with E-state index >= 15 is 0 Å². The molecule has 0 bridgehead atoms. The maximum absolute atomic E-state index is 5.93. The molecule has 1 nitrogen and oxygen atoms in total. The highest BCUT2D eigenvalue weighted by Crippen LogP contribution is 2.24. The molecule has 0 aliphatic carbocycles. The summed E-state index contributed by atoms with van der Waals surface area (Å²) in [7, 11) is 0.240. The number of benzene rings is 2. The minimum Gasteiger partial charge on any atom is -0.488 e. The maximum atomic E-state index is 5.93. The fourth-order valence-electron chi connectivity index (χ4n) is 1.58. The molecule has 17 heavy (non-hydrogen) atoms. The highest BCUT2D eigenvalue weighted by Gasteiger charge is 2.03. The second-order valence-electron chi connectivity index (χ2n) is 3.87. The minimum atomic E-state index is 0.240. The number of aryl methyl sites for hydroxylation is 1. The van der Waals surface area contributed by atoms with Crippen molar-refractivity contribution in [1.82, 2.24) is 0 Å². The zero-order valence-corrected chi connectivity index (χ0v) is 11.4. The first-order valence-electron chi connectivity index (χ1n) is 5.43. The first-order chi connectivity index (χ1) is 8.29. The van der Waals surface area contributed by atoms with E-state index in [1.165, 1.54) is 5.56 Å². The fourth-order valence-corrected chi connectivity index (χ4v) is 2.55. The van der Waals surface area contributed by atoms with Crippen LogP contribution in [-0.4, -0.2) is 0 Å². The molecule has 0 fully saturated rings. The van der Waals surface area contributed by atoms with Gasteiger partial charge in [-0.05, 0) is 24.6 Å². The van der Waals surface area contributed by atoms with Crippen LogP contribution < -0.4 is 10.0 Å². The van der Waals surface area contributed by atoms with Gasteiger partial charge in [-0.15, -0.1) is 0 Å². The van der Waals surface area contributed by atoms with Crippen LogP contribution in [-0.2, 0) is 6.61 Å². The topological polar surface area (TPSA) is 9.23 Å². The summed E-state index contributed by atoms with van der Waals surface area (Å²) in [5, 5.41) is 1.07. The monoisotopic (exact) mass is 264 g/mol. The predicted octanol–water partition coefficient (Wildman–Crippen LogP) is 4.03. The lowest BCUT2D eigenvalue weighted by molar-refractivity contribution is 0.309. The van der Waals surface area contributed by atoms with Crippen molar-refractivity contribution in [3.05, 3.63) is 59.7 Å². The van der Waals surface area contributed by atoms with Crippen LogP contribution in [0.5, 0.6) is 5.75 Å². The number of hydrogen-bond donors (Lipinski definition) is 0. The van der Waals surface area contributed by atoms with Gasteiger partial charge in [-0.25, -0.2) is 0 Å². The van der Waals surface area contributed by atoms with Crippen LogP contribution in [0.25, 0.3) is 0 Å². The van der Waals surface area contributed by atoms with Gasteiger partial charge in [-0.1, -0.05) is 53.2 Å². The Morgan fingerprint density at radius 3 is 2.59 bits per heavy atom. The highest BCUT2D eigenvalue weighted by molar-refractivity contribution is 7.75. The smallest absolute Gasteiger partial charge is 0.128 e. The van der Waals surface area contributed by atoms with Crippen LogP contribution in [0.1, 0.15) is 11.1 Å². The Morgan fingerprint density at radius 1 is 1.12 bits per heavy atom. The average molecular weight is 265 g/mol. The Bertz CT molecular complexity index is 485. The van der Waals surface area contributed by atoms with Crippen molar-refractivity contribution in [2.75, 3.05) is 0 Å². The van der Waals surface area contributed by atoms with Crippen molar-refractivity contribution in [2.45, 2.75) is 13.5 Å². The molecule has 1 atom stereocenters. The summed E-state index contributed by atoms with van der Waals surface area (Å²) >= 11 is 5.93. The van der Waals surface area contributed by atoms with E-state index in [0.717, 1.165) is 16.6 Å². The number of rotatable bonds is 4. The standard InChI is InChI=1S/C14H14ClOP/c1-11-7-8-13(14(9-11)17-15)16-10-12-5-3-2-4-6-12/h2-9,17H,10H2,1H3. The van der Waals surface area contributed by atoms with Crippen LogP contribution in [0.15, 0.2) is 48.5 Å². The van der Waals surface area contributed by atoms with E-state index in [2.05, 4.69) is 25.1 Å². The van der Waals surface area contributed by atoms with Crippen LogP contribution in [0.4, 0.5) is 0 Å². The number of hydrogen-bond acceptors (Lipinski definition) is 1. The van der Waals surface area contributed by atoms with Crippen molar-refractivity contribution < 1.29 is 4.74 Å². The third-order valence-electron chi connectivity index (χ3n) is 2.47. The zero-order chi connectivity index (χ0) is 12.1. The first-order valence-corrected chi connectivity index (χ1v) is 7.45. The molecule has 0 heterocycles. The van der Waals surface area contributed by atoms with Gasteiger partial charge in [0.25, 0.3) is 0 Å². The molecule has 0 aromatic heterocycles. The molecule has 0 saturated heterocycles. The molecule has 1 unspecified atom stereocenters. The molecule has 0 aliphatic heterocycles. The Labute approximate surface area is 108 Å². The van der Waals surface area contributed by atoms with Crippen LogP contribution in [0.2, 0.25) is 0 Å². The van der Waals surface area contributed by atoms with Crippen LogP contribution >= 0.6 is 19.2 Å². The van der Waals surface area contributed by atoms with Gasteiger partial charge in [-0.2, -0.15) is 0 Å². The van der Waals surface area contributed by atoms with E-state index in [0.29, 0.717) is 6.61 Å². The predicted molar refractivity (Wildman–Crippen MR) is 75.8 cm³/mol. The zero-order valence-electron chi connectivity index (χ0n) is 9.61. The van der Waals surface area contributed by atoms with Crippen LogP contribution in [0, 0.1) is 6.92 Å². The first kappa shape index (κ1) is 12.4. The van der Waals surface area contributed by atoms with Crippen molar-refractivity contribution in [2.24, 2.45) is 0 Å². The lowest BCUT2D eigenvalue weighted by atomic mass is 10.2. The van der Waals surface area contributed by atoms with Gasteiger partial charge in [0.1, 0.15) is 12.4 Å². The number of ether oxygens (including phenoxy) is 1. The summed E-state index contributed by atoms with van der Waals surface area (Å²) in [6, 6.07) is 16.2. The summed E-state index contributed by atoms with van der Waals surface area (Å²) in [4.78, 5) is 0. The second-order valence-corrected chi connectivity index (χ2v) is 5.16. The van der Waals surface area contributed by atoms with Crippen molar-refractivity contribution >= 4 is 24.5 Å². The average Bonchev–Trinajstić information content (AvgIpc) is 2.38. The highest BCUT2D eigenvalue weighted by atomic mass is 35.7. The molecule has 88 valence electrons. The summed E-state index contributed by atoms with van der Waals surface area (Å²) in [5.41, 5.74) is 2.37. The third-order valence-corrected chi connectivity index (χ3v) is 3.68. The van der Waals surface area contributed by atoms with Crippen molar-refractivity contribution in [3.8, 4) is 5.75 Å². The fraction of sp³-hybridized carbons (Fsp3) is 0.143. The van der Waals surface area contributed by atoms with Crippen molar-refractivity contribution in [3.63, 3.8) is 0 Å². The summed E-state index contributed by atoms with van der Waals surface area (Å²) in [5.74, 6) is 0.882. The molecule has 0 aliphatic rings. The summed E-state index contributed by atoms with van der Waals surface area (Å²) < 4.78 is 5.79. The lowest BCUT2D eigenvalue weighted by Gasteiger charge is -2.10. The van der Waals surface area contributed by atoms with E-state index in [1.807, 2.05) is 30.3 Å². The minimum absolute atomic E-state index is 0.240. The molecule has 0 amide bonds. The molecule has 0 spiro atoms. The normalized spacial score (nSPS) is 10.9. The van der Waals surface area contributed by atoms with E-state index in [9.17, 15) is 0 Å². The van der Waals surface area contributed by atoms with Gasteiger partial charge in [-0.3, -0.25) is 0 Å². The quantitative estimate of drug-likeness (QED) is 0.758. The molecular formula is C14H14ClOP. The molecule has 3 heteroatoms. The number of halogens is 1. The van der Waals surface area contributed by atoms with Gasteiger partial charge in [0.05, 0.1) is 0 Å². The van der Waals surface area contributed by atoms with E-state index in [1.54, 1.807) is 0 Å². The Balaban J connectivity index is 2.09. The van der Waals surface area contributed by atoms with E-state index in [-0.39, 0.29) is 7.93 Å². The lowest BCUT2D eigenvalue weighted by Crippen LogP contribution is -2.04. The largest absolute Gasteiger partial charge is 0.488 e. The molecule has 2 aromatic carbocycles. The second kappa shape index (κ2) is 6.05. The van der Waals surface area contributed by atoms with Crippen molar-refractivity contribution in [1.29, 1.82) is 0 Å². The van der Waals surface area contributed by atoms with Gasteiger partial charge in [0, 0.05) is 13.2 Å². The Kier molecular flexibility index (Phi) is 4.42. The van der Waals surface area contributed by atoms with E-state index < -0.39 is 0 Å². The maximum Gasteiger partial charge on any atom is 0.128 e. The Morgan fingerprint density at radius 2 is 1.88 bits per heavy atom. The van der Waals surface area contributed by atoms with Crippen LogP contribution in [0.3, 0.4) is 0 Å².